The van der Waals surface area contributed by atoms with Crippen molar-refractivity contribution in [2.45, 2.75) is 6.42 Å². The second kappa shape index (κ2) is 8.13. The van der Waals surface area contributed by atoms with Crippen LogP contribution in [0.5, 0.6) is 0 Å². The molecule has 3 rings (SSSR count). The molecule has 3 aromatic rings. The van der Waals surface area contributed by atoms with E-state index in [2.05, 4.69) is 36.4 Å². The van der Waals surface area contributed by atoms with E-state index in [0.717, 1.165) is 0 Å². The van der Waals surface area contributed by atoms with E-state index in [1.54, 1.807) is 0 Å². The number of hydrogen-bond donors (Lipinski definition) is 0. The van der Waals surface area contributed by atoms with Crippen LogP contribution >= 0.6 is 7.26 Å². The maximum atomic E-state index is 11.2. The van der Waals surface area contributed by atoms with Gasteiger partial charge in [-0.25, -0.2) is 8.42 Å². The highest BCUT2D eigenvalue weighted by Crippen LogP contribution is 2.55. The summed E-state index contributed by atoms with van der Waals surface area (Å²) in [5.41, 5.74) is 0. The van der Waals surface area contributed by atoms with Crippen LogP contribution < -0.4 is 15.9 Å². The van der Waals surface area contributed by atoms with Crippen LogP contribution in [0.15, 0.2) is 91.0 Å². The lowest BCUT2D eigenvalue weighted by Gasteiger charge is -2.27. The highest BCUT2D eigenvalue weighted by atomic mass is 32.2. The summed E-state index contributed by atoms with van der Waals surface area (Å²) in [5, 5.41) is 3.59. The van der Waals surface area contributed by atoms with Gasteiger partial charge in [-0.3, -0.25) is 0 Å². The van der Waals surface area contributed by atoms with Gasteiger partial charge in [-0.1, -0.05) is 54.6 Å². The first-order valence-electron chi connectivity index (χ1n) is 8.51. The van der Waals surface area contributed by atoms with E-state index in [-0.39, 0.29) is 7.18 Å². The Morgan fingerprint density at radius 1 is 0.692 bits per heavy atom. The van der Waals surface area contributed by atoms with Gasteiger partial charge < -0.3 is 4.55 Å². The van der Waals surface area contributed by atoms with Crippen molar-refractivity contribution >= 4 is 33.3 Å². The smallest absolute Gasteiger partial charge is 0.748 e. The largest absolute Gasteiger partial charge is 1.00 e. The molecule has 0 saturated heterocycles. The predicted molar refractivity (Wildman–Crippen MR) is 110 cm³/mol. The Morgan fingerprint density at radius 3 is 1.35 bits per heavy atom. The molecule has 3 nitrogen and oxygen atoms in total. The lowest BCUT2D eigenvalue weighted by Crippen LogP contribution is -2.33. The Balaban J connectivity index is 0.00000261. The normalized spacial score (nSPS) is 12.0. The van der Waals surface area contributed by atoms with Crippen molar-refractivity contribution in [3.05, 3.63) is 91.0 Å². The van der Waals surface area contributed by atoms with E-state index in [1.807, 2.05) is 54.6 Å². The van der Waals surface area contributed by atoms with E-state index in [9.17, 15) is 13.0 Å². The van der Waals surface area contributed by atoms with Crippen LogP contribution in [0.3, 0.4) is 0 Å². The van der Waals surface area contributed by atoms with Gasteiger partial charge in [0.05, 0.1) is 16.3 Å². The molecule has 0 unspecified atom stereocenters. The van der Waals surface area contributed by atoms with Gasteiger partial charge in [0.25, 0.3) is 0 Å². The third-order valence-electron chi connectivity index (χ3n) is 4.48. The third kappa shape index (κ3) is 4.21. The Morgan fingerprint density at radius 2 is 1.04 bits per heavy atom. The summed E-state index contributed by atoms with van der Waals surface area (Å²) >= 11 is 0. The first-order chi connectivity index (χ1) is 12.5. The van der Waals surface area contributed by atoms with E-state index >= 15 is 0 Å². The average Bonchev–Trinajstić information content (AvgIpc) is 2.67. The topological polar surface area (TPSA) is 57.2 Å². The Hall–Kier alpha value is -2.00. The molecule has 5 heteroatoms. The van der Waals surface area contributed by atoms with Gasteiger partial charge in [0.15, 0.2) is 0 Å². The van der Waals surface area contributed by atoms with Crippen LogP contribution in [0.1, 0.15) is 7.85 Å². The molecule has 0 heterocycles. The summed E-state index contributed by atoms with van der Waals surface area (Å²) in [6.07, 6.45) is 0.991. The zero-order valence-electron chi connectivity index (χ0n) is 15.4. The van der Waals surface area contributed by atoms with Gasteiger partial charge in [-0.15, -0.1) is 0 Å². The fourth-order valence-corrected chi connectivity index (χ4v) is 8.42. The Kier molecular flexibility index (Phi) is 5.87. The van der Waals surface area contributed by atoms with Gasteiger partial charge in [-0.2, -0.15) is 0 Å². The van der Waals surface area contributed by atoms with E-state index in [1.165, 1.54) is 15.9 Å². The zero-order valence-corrected chi connectivity index (χ0v) is 16.1. The summed E-state index contributed by atoms with van der Waals surface area (Å²) < 4.78 is 33.6. The summed E-state index contributed by atoms with van der Waals surface area (Å²) in [6.45, 7) is 0. The van der Waals surface area contributed by atoms with Gasteiger partial charge in [0.2, 0.25) is 0 Å². The Bertz CT molecular complexity index is 836. The molecule has 0 saturated carbocycles. The fourth-order valence-electron chi connectivity index (χ4n) is 3.36. The third-order valence-corrected chi connectivity index (χ3v) is 9.79. The van der Waals surface area contributed by atoms with Crippen molar-refractivity contribution in [2.24, 2.45) is 0 Å². The van der Waals surface area contributed by atoms with Crippen molar-refractivity contribution < 1.29 is 14.4 Å². The van der Waals surface area contributed by atoms with Crippen molar-refractivity contribution in [1.29, 1.82) is 0 Å². The standard InChI is InChI=1S/C21H21O3PS/c22-26(23,24)18-10-17-25(19-11-4-1-5-12-19,20-13-6-2-7-14-20)21-15-8-3-9-16-21/h1-9,11-16H,10,17-18H2/p+1. The van der Waals surface area contributed by atoms with Gasteiger partial charge in [0.1, 0.15) is 23.2 Å². The van der Waals surface area contributed by atoms with Crippen LogP contribution in [0, 0.1) is 0 Å². The highest BCUT2D eigenvalue weighted by molar-refractivity contribution is 7.95. The zero-order chi connectivity index (χ0) is 18.5. The number of hydrogen-bond acceptors (Lipinski definition) is 3. The lowest BCUT2D eigenvalue weighted by atomic mass is 10.4. The van der Waals surface area contributed by atoms with Gasteiger partial charge in [0, 0.05) is 5.75 Å². The quantitative estimate of drug-likeness (QED) is 0.464. The minimum absolute atomic E-state index is 0. The number of rotatable bonds is 7. The maximum absolute atomic E-state index is 11.2. The molecule has 0 aliphatic heterocycles. The minimum Gasteiger partial charge on any atom is -0.748 e. The monoisotopic (exact) mass is 385 g/mol. The van der Waals surface area contributed by atoms with Gasteiger partial charge in [-0.05, 0) is 42.8 Å². The summed E-state index contributed by atoms with van der Waals surface area (Å²) in [7, 11) is -6.27. The minimum atomic E-state index is -4.23. The molecule has 0 atom stereocenters. The molecule has 0 spiro atoms. The molecule has 0 fully saturated rings. The predicted octanol–water partition coefficient (Wildman–Crippen LogP) is 3.03. The molecule has 26 heavy (non-hydrogen) atoms. The number of benzene rings is 3. The first kappa shape index (κ1) is 18.8. The first-order valence-corrected chi connectivity index (χ1v) is 12.1. The van der Waals surface area contributed by atoms with Crippen LogP contribution in [0.2, 0.25) is 0 Å². The second-order valence-electron chi connectivity index (χ2n) is 6.16. The summed E-state index contributed by atoms with van der Waals surface area (Å²) in [4.78, 5) is 0. The molecule has 0 aliphatic carbocycles. The molecular weight excluding hydrogens is 363 g/mol. The van der Waals surface area contributed by atoms with E-state index < -0.39 is 17.4 Å². The molecule has 0 amide bonds. The molecule has 0 radical (unpaired) electrons. The molecule has 0 N–H and O–H groups in total. The fraction of sp³-hybridized carbons (Fsp3) is 0.143. The summed E-state index contributed by atoms with van der Waals surface area (Å²) in [6, 6.07) is 30.7. The lowest BCUT2D eigenvalue weighted by molar-refractivity contribution is 0.462. The molecular formula is C21H22O3PS+. The maximum Gasteiger partial charge on any atom is 1.00 e. The molecule has 134 valence electrons. The average molecular weight is 385 g/mol. The van der Waals surface area contributed by atoms with Gasteiger partial charge >= 0.3 is 1.43 Å². The second-order valence-corrected chi connectivity index (χ2v) is 11.3. The Labute approximate surface area is 157 Å². The van der Waals surface area contributed by atoms with Crippen LogP contribution in [0.4, 0.5) is 0 Å². The van der Waals surface area contributed by atoms with Crippen molar-refractivity contribution in [1.82, 2.24) is 0 Å². The van der Waals surface area contributed by atoms with Crippen LogP contribution in [0.25, 0.3) is 0 Å². The van der Waals surface area contributed by atoms with Crippen molar-refractivity contribution in [3.8, 4) is 0 Å². The molecule has 0 aliphatic rings. The SMILES string of the molecule is O=S(=O)([O-])CCC[P+](c1ccccc1)(c1ccccc1)c1ccccc1.[H+]. The van der Waals surface area contributed by atoms with Crippen molar-refractivity contribution in [3.63, 3.8) is 0 Å². The van der Waals surface area contributed by atoms with Crippen LogP contribution in [-0.2, 0) is 10.1 Å². The van der Waals surface area contributed by atoms with Crippen LogP contribution in [-0.4, -0.2) is 24.9 Å². The van der Waals surface area contributed by atoms with E-state index in [4.69, 9.17) is 0 Å². The summed E-state index contributed by atoms with van der Waals surface area (Å²) in [5.74, 6) is -0.332. The highest BCUT2D eigenvalue weighted by Gasteiger charge is 2.44. The molecule has 0 aromatic heterocycles. The molecule has 3 aromatic carbocycles. The molecule has 0 bridgehead atoms. The van der Waals surface area contributed by atoms with E-state index in [0.29, 0.717) is 12.6 Å². The van der Waals surface area contributed by atoms with Crippen molar-refractivity contribution in [2.75, 3.05) is 11.9 Å².